The monoisotopic (exact) mass is 1310 g/mol. The number of carbonyl (C=O) groups excluding carboxylic acids is 4. The summed E-state index contributed by atoms with van der Waals surface area (Å²) < 4.78 is 58.2. The first-order valence-electron chi connectivity index (χ1n) is 29.9. The summed E-state index contributed by atoms with van der Waals surface area (Å²) in [5.41, 5.74) is 3.56. The third-order valence-corrected chi connectivity index (χ3v) is 15.9. The lowest BCUT2D eigenvalue weighted by molar-refractivity contribution is -0.188. The highest BCUT2D eigenvalue weighted by molar-refractivity contribution is 6.31. The molecule has 2 heterocycles. The average molecular weight is 1320 g/mol. The molecule has 16 nitrogen and oxygen atoms in total. The Hall–Kier alpha value is -6.60. The third kappa shape index (κ3) is 19.2. The van der Waals surface area contributed by atoms with Gasteiger partial charge in [0, 0.05) is 20.1 Å². The molecule has 2 saturated heterocycles. The molecule has 0 N–H and O–H groups in total. The summed E-state index contributed by atoms with van der Waals surface area (Å²) >= 11 is 25.4. The number of halogens is 4. The Bertz CT molecular complexity index is 3130. The van der Waals surface area contributed by atoms with Gasteiger partial charge in [-0.1, -0.05) is 121 Å². The van der Waals surface area contributed by atoms with Crippen molar-refractivity contribution in [3.05, 3.63) is 187 Å². The van der Waals surface area contributed by atoms with Crippen LogP contribution in [0, 0.1) is 0 Å². The number of ether oxygens (including phenoxy) is 10. The van der Waals surface area contributed by atoms with Crippen molar-refractivity contribution in [3.63, 3.8) is 0 Å². The van der Waals surface area contributed by atoms with Crippen LogP contribution >= 0.6 is 46.4 Å². The molecule has 0 saturated carbocycles. The normalized spacial score (nSPS) is 19.2. The molecule has 2 fully saturated rings. The molecular weight excluding hydrogens is 1230 g/mol. The van der Waals surface area contributed by atoms with Gasteiger partial charge in [-0.05, 0) is 161 Å². The van der Waals surface area contributed by atoms with Gasteiger partial charge in [-0.3, -0.25) is 19.2 Å². The van der Waals surface area contributed by atoms with Crippen molar-refractivity contribution in [1.29, 1.82) is 0 Å². The second kappa shape index (κ2) is 32.6. The van der Waals surface area contributed by atoms with Crippen LogP contribution in [0.5, 0.6) is 23.0 Å². The Morgan fingerprint density at radius 1 is 0.467 bits per heavy atom. The van der Waals surface area contributed by atoms with Crippen molar-refractivity contribution in [1.82, 2.24) is 9.80 Å². The predicted molar refractivity (Wildman–Crippen MR) is 348 cm³/mol. The van der Waals surface area contributed by atoms with Crippen molar-refractivity contribution < 1.29 is 66.5 Å². The molecule has 0 aliphatic carbocycles. The number of esters is 2. The number of amides is 2. The topological polar surface area (TPSA) is 167 Å². The number of hydrogen-bond donors (Lipinski definition) is 0. The summed E-state index contributed by atoms with van der Waals surface area (Å²) in [6, 6.07) is 38.8. The summed E-state index contributed by atoms with van der Waals surface area (Å²) in [7, 11) is 6.34. The highest BCUT2D eigenvalue weighted by Crippen LogP contribution is 2.47. The number of rotatable bonds is 24. The van der Waals surface area contributed by atoms with Crippen LogP contribution < -0.4 is 18.9 Å². The largest absolute Gasteiger partial charge is 0.493 e. The Labute approximate surface area is 549 Å². The van der Waals surface area contributed by atoms with Gasteiger partial charge in [-0.25, -0.2) is 0 Å². The molecule has 0 aromatic heterocycles. The lowest BCUT2D eigenvalue weighted by Crippen LogP contribution is -2.56. The summed E-state index contributed by atoms with van der Waals surface area (Å²) in [5.74, 6) is 0.779. The first-order valence-corrected chi connectivity index (χ1v) is 31.4. The van der Waals surface area contributed by atoms with Crippen LogP contribution in [0.4, 0.5) is 0 Å². The van der Waals surface area contributed by atoms with E-state index in [0.717, 1.165) is 33.4 Å². The SMILES string of the molecule is CC[C@@H](COCc1ccc(OC)c(OC)c1)N1C(=O)[C@@H](CC(=O)OC(C)(C)C)O[C@@H](c2cccc(Cl)c2)[C@H]1c1ccc(Cl)cc1.CC[C@@H](COCc1ccc(OC)c(OC)c1)N1C(=O)[C@H](CC(=O)OC(C)(C)C)O[C@@H](c2cccc(Cl)c2)[C@H]1c1ccc(Cl)cc1. The van der Waals surface area contributed by atoms with E-state index >= 15 is 0 Å². The maximum atomic E-state index is 14.4. The van der Waals surface area contributed by atoms with Gasteiger partial charge in [0.1, 0.15) is 35.6 Å². The lowest BCUT2D eigenvalue weighted by Gasteiger charge is -2.48. The molecule has 20 heteroatoms. The van der Waals surface area contributed by atoms with E-state index in [9.17, 15) is 19.2 Å². The van der Waals surface area contributed by atoms with Crippen molar-refractivity contribution in [2.75, 3.05) is 41.7 Å². The molecule has 90 heavy (non-hydrogen) atoms. The molecule has 8 rings (SSSR count). The highest BCUT2D eigenvalue weighted by atomic mass is 35.5. The number of methoxy groups -OCH3 is 4. The Morgan fingerprint density at radius 3 is 1.13 bits per heavy atom. The molecule has 6 aromatic rings. The molecule has 2 aliphatic rings. The molecule has 6 aromatic carbocycles. The zero-order chi connectivity index (χ0) is 65.5. The fraction of sp³-hybridized carbons (Fsp3) is 0.429. The molecule has 8 atom stereocenters. The number of benzene rings is 6. The fourth-order valence-corrected chi connectivity index (χ4v) is 11.6. The third-order valence-electron chi connectivity index (χ3n) is 15.0. The number of hydrogen-bond acceptors (Lipinski definition) is 14. The van der Waals surface area contributed by atoms with Gasteiger partial charge < -0.3 is 57.2 Å². The summed E-state index contributed by atoms with van der Waals surface area (Å²) in [6.07, 6.45) is -2.74. The van der Waals surface area contributed by atoms with Crippen LogP contribution in [0.2, 0.25) is 20.1 Å². The van der Waals surface area contributed by atoms with Crippen LogP contribution in [0.1, 0.15) is 139 Å². The van der Waals surface area contributed by atoms with Crippen molar-refractivity contribution in [2.45, 2.75) is 154 Å². The zero-order valence-electron chi connectivity index (χ0n) is 53.1. The minimum Gasteiger partial charge on any atom is -0.493 e. The van der Waals surface area contributed by atoms with E-state index in [0.29, 0.717) is 69.1 Å². The number of carbonyl (C=O) groups is 4. The smallest absolute Gasteiger partial charge is 0.309 e. The van der Waals surface area contributed by atoms with Gasteiger partial charge in [-0.2, -0.15) is 0 Å². The van der Waals surface area contributed by atoms with Gasteiger partial charge in [0.05, 0.1) is 91.9 Å². The Kier molecular flexibility index (Phi) is 25.7. The Balaban J connectivity index is 0.000000256. The summed E-state index contributed by atoms with van der Waals surface area (Å²) in [5, 5.41) is 2.20. The zero-order valence-corrected chi connectivity index (χ0v) is 56.1. The number of nitrogens with zero attached hydrogens (tertiary/aromatic N) is 2. The summed E-state index contributed by atoms with van der Waals surface area (Å²) in [4.78, 5) is 58.3. The van der Waals surface area contributed by atoms with E-state index in [-0.39, 0.29) is 50.0 Å². The van der Waals surface area contributed by atoms with Gasteiger partial charge in [0.25, 0.3) is 11.8 Å². The number of morpholine rings is 2. The molecular formula is C70H82Cl4N2O14. The van der Waals surface area contributed by atoms with Crippen molar-refractivity contribution >= 4 is 70.2 Å². The highest BCUT2D eigenvalue weighted by Gasteiger charge is 2.49. The average Bonchev–Trinajstić information content (AvgIpc) is 0.773. The minimum atomic E-state index is -1.08. The van der Waals surface area contributed by atoms with E-state index in [1.165, 1.54) is 0 Å². The van der Waals surface area contributed by atoms with Crippen molar-refractivity contribution in [2.24, 2.45) is 0 Å². The van der Waals surface area contributed by atoms with Gasteiger partial charge in [0.15, 0.2) is 23.0 Å². The van der Waals surface area contributed by atoms with Crippen LogP contribution in [0.3, 0.4) is 0 Å². The van der Waals surface area contributed by atoms with Gasteiger partial charge >= 0.3 is 11.9 Å². The first-order chi connectivity index (χ1) is 42.9. The quantitative estimate of drug-likeness (QED) is 0.0525. The van der Waals surface area contributed by atoms with Gasteiger partial charge in [-0.15, -0.1) is 0 Å². The molecule has 2 amide bonds. The molecule has 0 spiro atoms. The molecule has 0 unspecified atom stereocenters. The predicted octanol–water partition coefficient (Wildman–Crippen LogP) is 15.5. The van der Waals surface area contributed by atoms with Crippen LogP contribution in [-0.4, -0.2) is 111 Å². The minimum absolute atomic E-state index is 0.236. The van der Waals surface area contributed by atoms with E-state index < -0.39 is 59.6 Å². The molecule has 0 bridgehead atoms. The molecule has 484 valence electrons. The van der Waals surface area contributed by atoms with Gasteiger partial charge in [0.2, 0.25) is 0 Å². The van der Waals surface area contributed by atoms with Crippen LogP contribution in [-0.2, 0) is 60.8 Å². The maximum Gasteiger partial charge on any atom is 0.309 e. The standard InChI is InChI=1S/2C35H41Cl2NO7/c2*1-7-27(21-43-20-22-11-16-28(41-5)29(17-22)42-6)38-32(23-12-14-25(36)15-13-23)33(24-9-8-10-26(37)18-24)44-30(34(38)40)19-31(39)45-35(2,3)4/h2*8-18,27,30,32-33H,7,19-21H2,1-6H3/t27-,30+,32+,33-;27-,30-,32+,33-/m00/s1. The van der Waals surface area contributed by atoms with Crippen LogP contribution in [0.25, 0.3) is 0 Å². The molecule has 0 radical (unpaired) electrons. The van der Waals surface area contributed by atoms with E-state index in [4.69, 9.17) is 93.8 Å². The van der Waals surface area contributed by atoms with Crippen molar-refractivity contribution in [3.8, 4) is 23.0 Å². The second-order valence-electron chi connectivity index (χ2n) is 23.8. The van der Waals surface area contributed by atoms with E-state index in [1.54, 1.807) is 106 Å². The molecule has 2 aliphatic heterocycles. The maximum absolute atomic E-state index is 14.4. The fourth-order valence-electron chi connectivity index (χ4n) is 10.9. The van der Waals surface area contributed by atoms with E-state index in [1.807, 2.05) is 121 Å². The summed E-state index contributed by atoms with van der Waals surface area (Å²) in [6.45, 7) is 15.8. The lowest BCUT2D eigenvalue weighted by atomic mass is 9.89. The first kappa shape index (κ1) is 70.9. The second-order valence-corrected chi connectivity index (χ2v) is 25.5. The Morgan fingerprint density at radius 2 is 0.822 bits per heavy atom. The van der Waals surface area contributed by atoms with E-state index in [2.05, 4.69) is 0 Å². The van der Waals surface area contributed by atoms with Crippen LogP contribution in [0.15, 0.2) is 133 Å².